The van der Waals surface area contributed by atoms with Gasteiger partial charge >= 0.3 is 5.97 Å². The number of amides is 1. The van der Waals surface area contributed by atoms with Crippen LogP contribution in [0, 0.1) is 0 Å². The Balaban J connectivity index is 1.83. The zero-order chi connectivity index (χ0) is 18.1. The van der Waals surface area contributed by atoms with Gasteiger partial charge in [0.15, 0.2) is 10.8 Å². The molecule has 0 saturated carbocycles. The smallest absolute Gasteiger partial charge is 0.339 e. The molecule has 2 heterocycles. The van der Waals surface area contributed by atoms with Gasteiger partial charge in [0.05, 0.1) is 15.7 Å². The third kappa shape index (κ3) is 3.65. The lowest BCUT2D eigenvalue weighted by Crippen LogP contribution is -2.16. The second-order valence-corrected chi connectivity index (χ2v) is 6.66. The fourth-order valence-electron chi connectivity index (χ4n) is 2.09. The van der Waals surface area contributed by atoms with Gasteiger partial charge in [-0.1, -0.05) is 29.3 Å². The molecule has 2 aromatic heterocycles. The Kier molecular flexibility index (Phi) is 4.76. The molecule has 0 spiro atoms. The number of nitrogens with zero attached hydrogens (tertiary/aromatic N) is 3. The summed E-state index contributed by atoms with van der Waals surface area (Å²) >= 11 is 13.1. The van der Waals surface area contributed by atoms with Crippen LogP contribution in [-0.2, 0) is 7.05 Å². The third-order valence-corrected chi connectivity index (χ3v) is 4.71. The number of carbonyl (C=O) groups excluding carboxylic acids is 1. The van der Waals surface area contributed by atoms with Crippen molar-refractivity contribution in [2.45, 2.75) is 0 Å². The van der Waals surface area contributed by atoms with Gasteiger partial charge in [-0.2, -0.15) is 5.10 Å². The van der Waals surface area contributed by atoms with E-state index < -0.39 is 11.9 Å². The molecule has 0 radical (unpaired) electrons. The molecule has 0 unspecified atom stereocenters. The minimum Gasteiger partial charge on any atom is -0.478 e. The van der Waals surface area contributed by atoms with Crippen molar-refractivity contribution in [1.82, 2.24) is 14.8 Å². The average molecular weight is 397 g/mol. The van der Waals surface area contributed by atoms with Crippen LogP contribution in [0.15, 0.2) is 29.8 Å². The first-order valence-corrected chi connectivity index (χ1v) is 8.48. The maximum absolute atomic E-state index is 12.3. The molecule has 128 valence electrons. The second kappa shape index (κ2) is 6.83. The highest BCUT2D eigenvalue weighted by molar-refractivity contribution is 7.14. The molecule has 3 rings (SSSR count). The molecule has 1 aromatic carbocycles. The molecule has 0 aliphatic heterocycles. The maximum Gasteiger partial charge on any atom is 0.339 e. The highest BCUT2D eigenvalue weighted by Gasteiger charge is 2.22. The van der Waals surface area contributed by atoms with E-state index in [0.29, 0.717) is 20.9 Å². The van der Waals surface area contributed by atoms with Crippen LogP contribution in [0.2, 0.25) is 10.0 Å². The Labute approximate surface area is 155 Å². The van der Waals surface area contributed by atoms with Crippen molar-refractivity contribution >= 4 is 51.5 Å². The minimum absolute atomic E-state index is 0.179. The molecule has 0 saturated heterocycles. The third-order valence-electron chi connectivity index (χ3n) is 3.21. The van der Waals surface area contributed by atoms with Crippen molar-refractivity contribution in [3.8, 4) is 11.3 Å². The first-order chi connectivity index (χ1) is 11.8. The predicted octanol–water partition coefficient (Wildman–Crippen LogP) is 3.80. The fourth-order valence-corrected chi connectivity index (χ4v) is 3.10. The largest absolute Gasteiger partial charge is 0.478 e. The van der Waals surface area contributed by atoms with Crippen LogP contribution < -0.4 is 5.32 Å². The number of aromatic nitrogens is 3. The number of hydrogen-bond donors (Lipinski definition) is 2. The number of anilines is 1. The standard InChI is InChI=1S/C15H10Cl2N4O3S/c1-21-5-8(14(23)24)12(20-21)13(22)19-15-18-11(6-25-15)7-2-3-9(16)10(17)4-7/h2-6H,1H3,(H,23,24)(H,18,19,22). The number of benzene rings is 1. The summed E-state index contributed by atoms with van der Waals surface area (Å²) in [6.07, 6.45) is 1.26. The first kappa shape index (κ1) is 17.4. The zero-order valence-electron chi connectivity index (χ0n) is 12.7. The Hall–Kier alpha value is -2.42. The summed E-state index contributed by atoms with van der Waals surface area (Å²) in [6, 6.07) is 5.09. The molecule has 2 N–H and O–H groups in total. The van der Waals surface area contributed by atoms with E-state index in [4.69, 9.17) is 28.3 Å². The minimum atomic E-state index is -1.23. The molecular weight excluding hydrogens is 387 g/mol. The predicted molar refractivity (Wildman–Crippen MR) is 95.7 cm³/mol. The van der Waals surface area contributed by atoms with Crippen molar-refractivity contribution in [2.75, 3.05) is 5.32 Å². The number of thiazole rings is 1. The topological polar surface area (TPSA) is 97.1 Å². The van der Waals surface area contributed by atoms with Gasteiger partial charge in [-0.05, 0) is 12.1 Å². The van der Waals surface area contributed by atoms with Crippen LogP contribution in [0.25, 0.3) is 11.3 Å². The van der Waals surface area contributed by atoms with Crippen molar-refractivity contribution < 1.29 is 14.7 Å². The summed E-state index contributed by atoms with van der Waals surface area (Å²) in [4.78, 5) is 27.7. The molecule has 10 heteroatoms. The van der Waals surface area contributed by atoms with Gasteiger partial charge in [-0.25, -0.2) is 9.78 Å². The van der Waals surface area contributed by atoms with E-state index in [1.165, 1.54) is 29.3 Å². The van der Waals surface area contributed by atoms with E-state index in [0.717, 1.165) is 5.56 Å². The van der Waals surface area contributed by atoms with Crippen molar-refractivity contribution in [1.29, 1.82) is 0 Å². The first-order valence-electron chi connectivity index (χ1n) is 6.84. The Morgan fingerprint density at radius 3 is 2.72 bits per heavy atom. The van der Waals surface area contributed by atoms with Crippen molar-refractivity contribution in [3.63, 3.8) is 0 Å². The van der Waals surface area contributed by atoms with Crippen LogP contribution in [0.3, 0.4) is 0 Å². The summed E-state index contributed by atoms with van der Waals surface area (Å²) < 4.78 is 1.27. The number of carboxylic acid groups (broad SMARTS) is 1. The highest BCUT2D eigenvalue weighted by Crippen LogP contribution is 2.30. The molecule has 0 bridgehead atoms. The van der Waals surface area contributed by atoms with Crippen LogP contribution in [0.4, 0.5) is 5.13 Å². The van der Waals surface area contributed by atoms with Gasteiger partial charge in [0.2, 0.25) is 0 Å². The lowest BCUT2D eigenvalue weighted by atomic mass is 10.2. The average Bonchev–Trinajstić information content (AvgIpc) is 3.16. The van der Waals surface area contributed by atoms with Gasteiger partial charge in [-0.15, -0.1) is 11.3 Å². The van der Waals surface area contributed by atoms with Gasteiger partial charge < -0.3 is 5.11 Å². The van der Waals surface area contributed by atoms with E-state index >= 15 is 0 Å². The molecular formula is C15H10Cl2N4O3S. The van der Waals surface area contributed by atoms with Crippen LogP contribution in [0.5, 0.6) is 0 Å². The molecule has 3 aromatic rings. The molecule has 7 nitrogen and oxygen atoms in total. The maximum atomic E-state index is 12.3. The molecule has 0 aliphatic rings. The normalized spacial score (nSPS) is 10.7. The van der Waals surface area contributed by atoms with Crippen molar-refractivity contribution in [2.24, 2.45) is 7.05 Å². The summed E-state index contributed by atoms with van der Waals surface area (Å²) in [6.45, 7) is 0. The van der Waals surface area contributed by atoms with E-state index in [2.05, 4.69) is 15.4 Å². The highest BCUT2D eigenvalue weighted by atomic mass is 35.5. The molecule has 25 heavy (non-hydrogen) atoms. The number of nitrogens with one attached hydrogen (secondary N) is 1. The van der Waals surface area contributed by atoms with E-state index in [9.17, 15) is 9.59 Å². The van der Waals surface area contributed by atoms with Gasteiger partial charge in [-0.3, -0.25) is 14.8 Å². The van der Waals surface area contributed by atoms with Gasteiger partial charge in [0, 0.05) is 24.2 Å². The number of carboxylic acids is 1. The molecule has 0 fully saturated rings. The van der Waals surface area contributed by atoms with E-state index in [1.54, 1.807) is 23.6 Å². The quantitative estimate of drug-likeness (QED) is 0.698. The molecule has 0 atom stereocenters. The summed E-state index contributed by atoms with van der Waals surface area (Å²) in [7, 11) is 1.54. The summed E-state index contributed by atoms with van der Waals surface area (Å²) in [5.74, 6) is -1.87. The van der Waals surface area contributed by atoms with Gasteiger partial charge in [0.25, 0.3) is 5.91 Å². The Bertz CT molecular complexity index is 983. The van der Waals surface area contributed by atoms with E-state index in [-0.39, 0.29) is 11.3 Å². The SMILES string of the molecule is Cn1cc(C(=O)O)c(C(=O)Nc2nc(-c3ccc(Cl)c(Cl)c3)cs2)n1. The number of aryl methyl sites for hydroxylation is 1. The molecule has 0 aliphatic carbocycles. The number of rotatable bonds is 4. The van der Waals surface area contributed by atoms with E-state index in [1.807, 2.05) is 0 Å². The number of hydrogen-bond acceptors (Lipinski definition) is 5. The lowest BCUT2D eigenvalue weighted by Gasteiger charge is -2.01. The summed E-state index contributed by atoms with van der Waals surface area (Å²) in [5.41, 5.74) is 0.996. The monoisotopic (exact) mass is 396 g/mol. The summed E-state index contributed by atoms with van der Waals surface area (Å²) in [5, 5.41) is 18.5. The van der Waals surface area contributed by atoms with Gasteiger partial charge in [0.1, 0.15) is 5.56 Å². The number of halogens is 2. The number of carbonyl (C=O) groups is 2. The Morgan fingerprint density at radius 2 is 2.04 bits per heavy atom. The fraction of sp³-hybridized carbons (Fsp3) is 0.0667. The molecule has 1 amide bonds. The second-order valence-electron chi connectivity index (χ2n) is 4.99. The van der Waals surface area contributed by atoms with Crippen LogP contribution >= 0.6 is 34.5 Å². The lowest BCUT2D eigenvalue weighted by molar-refractivity contribution is 0.0692. The zero-order valence-corrected chi connectivity index (χ0v) is 15.0. The van der Waals surface area contributed by atoms with Crippen molar-refractivity contribution in [3.05, 3.63) is 51.1 Å². The number of aromatic carboxylic acids is 1. The van der Waals surface area contributed by atoms with Crippen LogP contribution in [-0.4, -0.2) is 31.7 Å². The Morgan fingerprint density at radius 1 is 1.28 bits per heavy atom. The van der Waals surface area contributed by atoms with Crippen LogP contribution in [0.1, 0.15) is 20.8 Å².